The van der Waals surface area contributed by atoms with E-state index in [1.54, 1.807) is 24.3 Å². The first-order valence-corrected chi connectivity index (χ1v) is 6.09. The first kappa shape index (κ1) is 15.7. The van der Waals surface area contributed by atoms with Crippen molar-refractivity contribution in [2.45, 2.75) is 12.2 Å². The van der Waals surface area contributed by atoms with Gasteiger partial charge in [0.15, 0.2) is 0 Å². The third-order valence-corrected chi connectivity index (χ3v) is 3.11. The second-order valence-electron chi connectivity index (χ2n) is 4.34. The van der Waals surface area contributed by atoms with Crippen molar-refractivity contribution in [2.75, 3.05) is 0 Å². The van der Waals surface area contributed by atoms with Crippen LogP contribution in [0.1, 0.15) is 23.3 Å². The molecule has 4 heteroatoms. The second kappa shape index (κ2) is 7.25. The van der Waals surface area contributed by atoms with Crippen LogP contribution < -0.4 is 0 Å². The van der Waals surface area contributed by atoms with E-state index in [0.717, 1.165) is 0 Å². The Morgan fingerprint density at radius 2 is 1.15 bits per heavy atom. The summed E-state index contributed by atoms with van der Waals surface area (Å²) in [6.45, 7) is 7.00. The number of rotatable bonds is 6. The molecule has 0 aromatic heterocycles. The number of aliphatic hydroxyl groups is 2. The Morgan fingerprint density at radius 3 is 1.35 bits per heavy atom. The van der Waals surface area contributed by atoms with Gasteiger partial charge in [-0.2, -0.15) is 10.5 Å². The summed E-state index contributed by atoms with van der Waals surface area (Å²) in [4.78, 5) is 0. The quantitative estimate of drug-likeness (QED) is 0.775. The van der Waals surface area contributed by atoms with Gasteiger partial charge in [0.2, 0.25) is 0 Å². The largest absolute Gasteiger partial charge is 0.387 e. The van der Waals surface area contributed by atoms with Crippen LogP contribution in [0.2, 0.25) is 0 Å². The van der Waals surface area contributed by atoms with E-state index in [-0.39, 0.29) is 0 Å². The number of hydrogen-bond acceptors (Lipinski definition) is 4. The molecule has 0 aliphatic heterocycles. The minimum absolute atomic E-state index is 0.555. The van der Waals surface area contributed by atoms with Gasteiger partial charge in [-0.25, -0.2) is 0 Å². The lowest BCUT2D eigenvalue weighted by molar-refractivity contribution is 0.150. The lowest BCUT2D eigenvalue weighted by Gasteiger charge is -2.17. The van der Waals surface area contributed by atoms with Crippen molar-refractivity contribution in [2.24, 2.45) is 11.8 Å². The third-order valence-electron chi connectivity index (χ3n) is 3.11. The zero-order chi connectivity index (χ0) is 15.1. The van der Waals surface area contributed by atoms with Crippen LogP contribution in [0.4, 0.5) is 0 Å². The van der Waals surface area contributed by atoms with Crippen LogP contribution in [-0.4, -0.2) is 10.2 Å². The molecule has 1 aromatic carbocycles. The van der Waals surface area contributed by atoms with Gasteiger partial charge in [0.05, 0.1) is 36.2 Å². The molecule has 0 saturated heterocycles. The van der Waals surface area contributed by atoms with Crippen molar-refractivity contribution in [3.63, 3.8) is 0 Å². The average molecular weight is 268 g/mol. The molecular formula is C16H16N2O2. The van der Waals surface area contributed by atoms with Crippen LogP contribution in [0.5, 0.6) is 0 Å². The van der Waals surface area contributed by atoms with Gasteiger partial charge in [-0.1, -0.05) is 36.4 Å². The summed E-state index contributed by atoms with van der Waals surface area (Å²) >= 11 is 0. The predicted octanol–water partition coefficient (Wildman–Crippen LogP) is 2.40. The Balaban J connectivity index is 2.95. The highest BCUT2D eigenvalue weighted by Crippen LogP contribution is 2.26. The highest BCUT2D eigenvalue weighted by Gasteiger charge is 2.20. The van der Waals surface area contributed by atoms with Crippen LogP contribution >= 0.6 is 0 Å². The highest BCUT2D eigenvalue weighted by molar-refractivity contribution is 5.29. The normalized spacial score (nSPS) is 16.0. The summed E-state index contributed by atoms with van der Waals surface area (Å²) in [5.74, 6) is -1.38. The van der Waals surface area contributed by atoms with Gasteiger partial charge < -0.3 is 10.2 Å². The molecule has 4 nitrogen and oxygen atoms in total. The van der Waals surface area contributed by atoms with Crippen molar-refractivity contribution in [1.82, 2.24) is 0 Å². The molecule has 2 N–H and O–H groups in total. The summed E-state index contributed by atoms with van der Waals surface area (Å²) < 4.78 is 0. The topological polar surface area (TPSA) is 88.0 Å². The van der Waals surface area contributed by atoms with Gasteiger partial charge in [-0.3, -0.25) is 0 Å². The van der Waals surface area contributed by atoms with Gasteiger partial charge in [0, 0.05) is 0 Å². The molecule has 0 saturated carbocycles. The fourth-order valence-electron chi connectivity index (χ4n) is 1.81. The Bertz CT molecular complexity index is 500. The zero-order valence-electron chi connectivity index (χ0n) is 11.0. The molecule has 4 atom stereocenters. The molecular weight excluding hydrogens is 252 g/mol. The SMILES string of the molecule is C=CC(C#N)C(O)c1ccc(C(O)C(C#N)C=C)cc1. The molecule has 1 rings (SSSR count). The zero-order valence-corrected chi connectivity index (χ0v) is 11.0. The summed E-state index contributed by atoms with van der Waals surface area (Å²) in [5.41, 5.74) is 1.11. The molecule has 20 heavy (non-hydrogen) atoms. The van der Waals surface area contributed by atoms with E-state index < -0.39 is 24.0 Å². The van der Waals surface area contributed by atoms with Crippen LogP contribution in [0, 0.1) is 34.5 Å². The first-order chi connectivity index (χ1) is 9.58. The maximum Gasteiger partial charge on any atom is 0.0983 e. The number of aliphatic hydroxyl groups excluding tert-OH is 2. The molecule has 0 aliphatic carbocycles. The Hall–Kier alpha value is -2.40. The molecule has 0 radical (unpaired) electrons. The lowest BCUT2D eigenvalue weighted by atomic mass is 9.93. The maximum absolute atomic E-state index is 9.99. The van der Waals surface area contributed by atoms with Crippen molar-refractivity contribution in [3.05, 3.63) is 60.7 Å². The van der Waals surface area contributed by atoms with Gasteiger partial charge in [0.25, 0.3) is 0 Å². The van der Waals surface area contributed by atoms with Crippen LogP contribution in [-0.2, 0) is 0 Å². The fraction of sp³-hybridized carbons (Fsp3) is 0.250. The summed E-state index contributed by atoms with van der Waals surface area (Å²) in [6, 6.07) is 10.4. The molecule has 0 heterocycles. The number of benzene rings is 1. The standard InChI is InChI=1S/C16H16N2O2/c1-3-11(9-17)15(19)13-5-7-14(8-6-13)16(20)12(4-2)10-18/h3-8,11-12,15-16,19-20H,1-2H2. The average Bonchev–Trinajstić information content (AvgIpc) is 2.49. The van der Waals surface area contributed by atoms with Gasteiger partial charge in [0.1, 0.15) is 0 Å². The van der Waals surface area contributed by atoms with Crippen molar-refractivity contribution in [3.8, 4) is 12.1 Å². The van der Waals surface area contributed by atoms with E-state index >= 15 is 0 Å². The predicted molar refractivity (Wildman–Crippen MR) is 75.0 cm³/mol. The van der Waals surface area contributed by atoms with Gasteiger partial charge in [-0.05, 0) is 11.1 Å². The number of nitrogens with zero attached hydrogens (tertiary/aromatic N) is 2. The van der Waals surface area contributed by atoms with E-state index in [1.165, 1.54) is 12.2 Å². The summed E-state index contributed by atoms with van der Waals surface area (Å²) in [5, 5.41) is 37.7. The first-order valence-electron chi connectivity index (χ1n) is 6.09. The molecule has 1 aromatic rings. The van der Waals surface area contributed by atoms with Crippen molar-refractivity contribution in [1.29, 1.82) is 10.5 Å². The second-order valence-corrected chi connectivity index (χ2v) is 4.34. The fourth-order valence-corrected chi connectivity index (χ4v) is 1.81. The van der Waals surface area contributed by atoms with Crippen molar-refractivity contribution < 1.29 is 10.2 Å². The van der Waals surface area contributed by atoms with E-state index in [9.17, 15) is 10.2 Å². The molecule has 0 spiro atoms. The Labute approximate surface area is 118 Å². The van der Waals surface area contributed by atoms with Gasteiger partial charge >= 0.3 is 0 Å². The molecule has 0 amide bonds. The highest BCUT2D eigenvalue weighted by atomic mass is 16.3. The van der Waals surface area contributed by atoms with Gasteiger partial charge in [-0.15, -0.1) is 13.2 Å². The lowest BCUT2D eigenvalue weighted by Crippen LogP contribution is -2.10. The summed E-state index contributed by atoms with van der Waals surface area (Å²) in [7, 11) is 0. The molecule has 102 valence electrons. The summed E-state index contributed by atoms with van der Waals surface area (Å²) in [6.07, 6.45) is 0.845. The minimum atomic E-state index is -0.963. The minimum Gasteiger partial charge on any atom is -0.387 e. The van der Waals surface area contributed by atoms with Crippen LogP contribution in [0.3, 0.4) is 0 Å². The number of nitriles is 2. The van der Waals surface area contributed by atoms with Crippen LogP contribution in [0.25, 0.3) is 0 Å². The Kier molecular flexibility index (Phi) is 5.68. The van der Waals surface area contributed by atoms with E-state index in [0.29, 0.717) is 11.1 Å². The number of hydrogen-bond donors (Lipinski definition) is 2. The smallest absolute Gasteiger partial charge is 0.0983 e. The maximum atomic E-state index is 9.99. The molecule has 0 aliphatic rings. The molecule has 0 fully saturated rings. The van der Waals surface area contributed by atoms with Crippen molar-refractivity contribution >= 4 is 0 Å². The molecule has 0 bridgehead atoms. The molecule has 4 unspecified atom stereocenters. The van der Waals surface area contributed by atoms with E-state index in [4.69, 9.17) is 10.5 Å². The van der Waals surface area contributed by atoms with E-state index in [2.05, 4.69) is 13.2 Å². The van der Waals surface area contributed by atoms with Crippen LogP contribution in [0.15, 0.2) is 49.6 Å². The third kappa shape index (κ3) is 3.33. The Morgan fingerprint density at radius 1 is 0.850 bits per heavy atom. The monoisotopic (exact) mass is 268 g/mol. The van der Waals surface area contributed by atoms with E-state index in [1.807, 2.05) is 12.1 Å².